The molecule has 1 aliphatic carbocycles. The zero-order valence-corrected chi connectivity index (χ0v) is 11.8. The summed E-state index contributed by atoms with van der Waals surface area (Å²) in [6.45, 7) is 0. The van der Waals surface area contributed by atoms with Crippen LogP contribution >= 0.6 is 11.3 Å². The lowest BCUT2D eigenvalue weighted by Gasteiger charge is -2.15. The maximum atomic E-state index is 12.1. The zero-order valence-electron chi connectivity index (χ0n) is 11.0. The fraction of sp³-hybridized carbons (Fsp3) is 0.357. The lowest BCUT2D eigenvalue weighted by molar-refractivity contribution is -0.274. The molecule has 1 aliphatic rings. The van der Waals surface area contributed by atoms with Crippen molar-refractivity contribution < 1.29 is 17.9 Å². The number of fused-ring (bicyclic) bond motifs is 1. The fourth-order valence-corrected chi connectivity index (χ4v) is 3.55. The van der Waals surface area contributed by atoms with Gasteiger partial charge in [-0.05, 0) is 43.5 Å². The number of nitrogens with zero attached hydrogens (tertiary/aromatic N) is 1. The Bertz CT molecular complexity index is 637. The topological polar surface area (TPSA) is 48.1 Å². The van der Waals surface area contributed by atoms with Gasteiger partial charge in [0.2, 0.25) is 0 Å². The summed E-state index contributed by atoms with van der Waals surface area (Å²) in [5, 5.41) is 0.788. The Morgan fingerprint density at radius 1 is 1.24 bits per heavy atom. The molecule has 1 unspecified atom stereocenters. The van der Waals surface area contributed by atoms with E-state index in [4.69, 9.17) is 5.73 Å². The number of aromatic nitrogens is 1. The Balaban J connectivity index is 1.84. The number of benzene rings is 1. The number of aryl methyl sites for hydroxylation is 1. The largest absolute Gasteiger partial charge is 0.573 e. The highest BCUT2D eigenvalue weighted by atomic mass is 32.1. The normalized spacial score (nSPS) is 18.4. The summed E-state index contributed by atoms with van der Waals surface area (Å²) >= 11 is 1.56. The predicted octanol–water partition coefficient (Wildman–Crippen LogP) is 4.04. The van der Waals surface area contributed by atoms with Gasteiger partial charge in [0.05, 0.1) is 5.69 Å². The highest BCUT2D eigenvalue weighted by molar-refractivity contribution is 7.15. The van der Waals surface area contributed by atoms with Crippen LogP contribution in [0.4, 0.5) is 13.2 Å². The van der Waals surface area contributed by atoms with Gasteiger partial charge < -0.3 is 10.5 Å². The first-order valence-electron chi connectivity index (χ1n) is 6.54. The molecular weight excluding hydrogens is 301 g/mol. The van der Waals surface area contributed by atoms with Crippen molar-refractivity contribution in [2.24, 2.45) is 5.73 Å². The Labute approximate surface area is 123 Å². The van der Waals surface area contributed by atoms with Crippen LogP contribution in [0.2, 0.25) is 0 Å². The van der Waals surface area contributed by atoms with Gasteiger partial charge in [0.15, 0.2) is 0 Å². The summed E-state index contributed by atoms with van der Waals surface area (Å²) in [6.07, 6.45) is -1.73. The minimum atomic E-state index is -4.67. The van der Waals surface area contributed by atoms with Crippen LogP contribution in [0, 0.1) is 0 Å². The summed E-state index contributed by atoms with van der Waals surface area (Å²) < 4.78 is 40.2. The third kappa shape index (κ3) is 3.19. The molecule has 2 N–H and O–H groups in total. The van der Waals surface area contributed by atoms with E-state index >= 15 is 0 Å². The summed E-state index contributed by atoms with van der Waals surface area (Å²) in [6, 6.07) is 5.71. The minimum absolute atomic E-state index is 0.0356. The van der Waals surface area contributed by atoms with E-state index in [1.807, 2.05) is 0 Å². The SMILES string of the molecule is NC1CCCc2sc(-c3ccc(OC(F)(F)F)cc3)nc21. The number of halogens is 3. The smallest absolute Gasteiger partial charge is 0.406 e. The number of thiazole rings is 1. The Morgan fingerprint density at radius 2 is 1.95 bits per heavy atom. The minimum Gasteiger partial charge on any atom is -0.406 e. The van der Waals surface area contributed by atoms with Gasteiger partial charge in [0.1, 0.15) is 10.8 Å². The molecule has 0 saturated heterocycles. The number of rotatable bonds is 2. The van der Waals surface area contributed by atoms with Crippen LogP contribution in [0.5, 0.6) is 5.75 Å². The second kappa shape index (κ2) is 5.31. The third-order valence-corrected chi connectivity index (χ3v) is 4.51. The molecule has 1 atom stereocenters. The molecule has 2 aromatic rings. The maximum absolute atomic E-state index is 12.1. The van der Waals surface area contributed by atoms with Crippen LogP contribution in [0.3, 0.4) is 0 Å². The quantitative estimate of drug-likeness (QED) is 0.910. The van der Waals surface area contributed by atoms with E-state index in [9.17, 15) is 13.2 Å². The Kier molecular flexibility index (Phi) is 3.62. The summed E-state index contributed by atoms with van der Waals surface area (Å²) in [7, 11) is 0. The second-order valence-corrected chi connectivity index (χ2v) is 5.98. The molecule has 3 rings (SSSR count). The summed E-state index contributed by atoms with van der Waals surface area (Å²) in [5.41, 5.74) is 7.73. The predicted molar refractivity (Wildman–Crippen MR) is 74.1 cm³/mol. The molecule has 0 saturated carbocycles. The van der Waals surface area contributed by atoms with Crippen molar-refractivity contribution in [3.8, 4) is 16.3 Å². The van der Waals surface area contributed by atoms with Crippen molar-refractivity contribution in [2.75, 3.05) is 0 Å². The molecule has 0 amide bonds. The van der Waals surface area contributed by atoms with Crippen LogP contribution in [0.15, 0.2) is 24.3 Å². The van der Waals surface area contributed by atoms with Crippen LogP contribution in [-0.4, -0.2) is 11.3 Å². The molecule has 0 radical (unpaired) electrons. The van der Waals surface area contributed by atoms with Crippen molar-refractivity contribution in [2.45, 2.75) is 31.7 Å². The molecule has 1 aromatic heterocycles. The highest BCUT2D eigenvalue weighted by Gasteiger charge is 2.31. The molecule has 21 heavy (non-hydrogen) atoms. The third-order valence-electron chi connectivity index (χ3n) is 3.33. The van der Waals surface area contributed by atoms with Crippen LogP contribution in [0.1, 0.15) is 29.5 Å². The standard InChI is InChI=1S/C14H13F3N2OS/c15-14(16,17)20-9-6-4-8(5-7-9)13-19-12-10(18)2-1-3-11(12)21-13/h4-7,10H,1-3,18H2. The van der Waals surface area contributed by atoms with E-state index in [0.29, 0.717) is 0 Å². The van der Waals surface area contributed by atoms with Gasteiger partial charge in [0, 0.05) is 16.5 Å². The van der Waals surface area contributed by atoms with Crippen LogP contribution < -0.4 is 10.5 Å². The van der Waals surface area contributed by atoms with Gasteiger partial charge in [-0.1, -0.05) is 0 Å². The summed E-state index contributed by atoms with van der Waals surface area (Å²) in [4.78, 5) is 5.72. The number of nitrogens with two attached hydrogens (primary N) is 1. The van der Waals surface area contributed by atoms with Crippen molar-refractivity contribution in [3.05, 3.63) is 34.8 Å². The lowest BCUT2D eigenvalue weighted by atomic mass is 9.99. The van der Waals surface area contributed by atoms with Crippen molar-refractivity contribution in [1.82, 2.24) is 4.98 Å². The van der Waals surface area contributed by atoms with E-state index in [2.05, 4.69) is 9.72 Å². The average molecular weight is 314 g/mol. The molecule has 0 fully saturated rings. The Morgan fingerprint density at radius 3 is 2.57 bits per heavy atom. The number of hydrogen-bond acceptors (Lipinski definition) is 4. The molecule has 0 spiro atoms. The number of alkyl halides is 3. The van der Waals surface area contributed by atoms with Gasteiger partial charge in [0.25, 0.3) is 0 Å². The second-order valence-electron chi connectivity index (χ2n) is 4.90. The molecule has 7 heteroatoms. The Hall–Kier alpha value is -1.60. The lowest BCUT2D eigenvalue weighted by Crippen LogP contribution is -2.17. The van der Waals surface area contributed by atoms with Gasteiger partial charge >= 0.3 is 6.36 Å². The molecule has 1 aromatic carbocycles. The molecule has 1 heterocycles. The highest BCUT2D eigenvalue weighted by Crippen LogP contribution is 2.36. The van der Waals surface area contributed by atoms with E-state index in [-0.39, 0.29) is 11.8 Å². The zero-order chi connectivity index (χ0) is 15.0. The van der Waals surface area contributed by atoms with Gasteiger partial charge in [-0.2, -0.15) is 0 Å². The van der Waals surface area contributed by atoms with Crippen LogP contribution in [-0.2, 0) is 6.42 Å². The number of ether oxygens (including phenoxy) is 1. The molecular formula is C14H13F3N2OS. The number of hydrogen-bond donors (Lipinski definition) is 1. The van der Waals surface area contributed by atoms with E-state index in [1.165, 1.54) is 17.0 Å². The molecule has 3 nitrogen and oxygen atoms in total. The first kappa shape index (κ1) is 14.3. The van der Waals surface area contributed by atoms with Crippen molar-refractivity contribution in [1.29, 1.82) is 0 Å². The van der Waals surface area contributed by atoms with Crippen molar-refractivity contribution >= 4 is 11.3 Å². The molecule has 112 valence electrons. The maximum Gasteiger partial charge on any atom is 0.573 e. The van der Waals surface area contributed by atoms with Gasteiger partial charge in [-0.15, -0.1) is 24.5 Å². The average Bonchev–Trinajstić information content (AvgIpc) is 2.83. The van der Waals surface area contributed by atoms with Gasteiger partial charge in [-0.25, -0.2) is 4.98 Å². The van der Waals surface area contributed by atoms with E-state index in [1.54, 1.807) is 23.5 Å². The first-order chi connectivity index (χ1) is 9.92. The van der Waals surface area contributed by atoms with E-state index < -0.39 is 6.36 Å². The van der Waals surface area contributed by atoms with Crippen LogP contribution in [0.25, 0.3) is 10.6 Å². The molecule has 0 aliphatic heterocycles. The fourth-order valence-electron chi connectivity index (χ4n) is 2.37. The van der Waals surface area contributed by atoms with E-state index in [0.717, 1.165) is 35.5 Å². The first-order valence-corrected chi connectivity index (χ1v) is 7.35. The summed E-state index contributed by atoms with van der Waals surface area (Å²) in [5.74, 6) is -0.232. The molecule has 0 bridgehead atoms. The van der Waals surface area contributed by atoms with Crippen molar-refractivity contribution in [3.63, 3.8) is 0 Å². The van der Waals surface area contributed by atoms with Gasteiger partial charge in [-0.3, -0.25) is 0 Å². The monoisotopic (exact) mass is 314 g/mol.